The van der Waals surface area contributed by atoms with E-state index in [1.807, 2.05) is 0 Å². The van der Waals surface area contributed by atoms with Gasteiger partial charge in [-0.25, -0.2) is 22.7 Å². The summed E-state index contributed by atoms with van der Waals surface area (Å²) >= 11 is 0. The van der Waals surface area contributed by atoms with Crippen LogP contribution in [0.2, 0.25) is 0 Å². The molecule has 0 radical (unpaired) electrons. The monoisotopic (exact) mass is 782 g/mol. The van der Waals surface area contributed by atoms with Crippen molar-refractivity contribution in [3.63, 3.8) is 0 Å². The van der Waals surface area contributed by atoms with E-state index in [2.05, 4.69) is 46.4 Å². The van der Waals surface area contributed by atoms with E-state index in [0.717, 1.165) is 38.5 Å². The van der Waals surface area contributed by atoms with Gasteiger partial charge in [0.25, 0.3) is 15.9 Å². The first kappa shape index (κ1) is 40.5. The van der Waals surface area contributed by atoms with Crippen LogP contribution in [0, 0.1) is 33.5 Å². The topological polar surface area (TPSA) is 203 Å². The highest BCUT2D eigenvalue weighted by Gasteiger charge is 2.85. The molecule has 5 aliphatic rings. The molecule has 302 valence electrons. The van der Waals surface area contributed by atoms with Crippen LogP contribution in [0.15, 0.2) is 41.8 Å². The average Bonchev–Trinajstić information content (AvgIpc) is 3.84. The molecule has 5 amide bonds. The number of benzene rings is 1. The largest absolute Gasteiger partial charge is 0.480 e. The first-order valence-corrected chi connectivity index (χ1v) is 21.1. The molecule has 4 saturated carbocycles. The number of likely N-dealkylation sites (tertiary alicyclic amines) is 1. The van der Waals surface area contributed by atoms with E-state index in [-0.39, 0.29) is 40.0 Å². The zero-order valence-electron chi connectivity index (χ0n) is 32.9. The maximum Gasteiger partial charge on any atom is 0.326 e. The fraction of sp³-hybridized carbons (Fsp3) is 0.675. The van der Waals surface area contributed by atoms with E-state index in [1.165, 1.54) is 17.0 Å². The number of aliphatic carboxylic acids is 1. The molecular weight excluding hydrogens is 725 g/mol. The van der Waals surface area contributed by atoms with Gasteiger partial charge in [-0.2, -0.15) is 0 Å². The summed E-state index contributed by atoms with van der Waals surface area (Å²) in [4.78, 5) is 70.6. The highest BCUT2D eigenvalue weighted by atomic mass is 32.2. The Bertz CT molecular complexity index is 1870. The van der Waals surface area contributed by atoms with Crippen LogP contribution in [0.3, 0.4) is 0 Å². The van der Waals surface area contributed by atoms with Gasteiger partial charge in [0.15, 0.2) is 0 Å². The molecule has 14 nitrogen and oxygen atoms in total. The standard InChI is InChI=1S/C40H58N6O8S/c1-8-25-21-40(25,34(51)45-55(53,54)28-18-13-12-17-26(28)41-7)44-31(47)27-22-39(37(5,6)38(39)19-14-20-38)23-46(27)32(48)30(36(2,3)4)43-35(52)42-29(33(49)50)24-15-10-9-11-16-24/h8,12-13,17-18,24-25,27,29-30,41H,1,9-11,14-16,19-23H2,2-7H3,(H,44,47)(H,45,51)(H,49,50)(H2,42,43,52)/t25-,27+,29+,30-,39?,40-/m1/s1. The smallest absolute Gasteiger partial charge is 0.326 e. The van der Waals surface area contributed by atoms with Crippen molar-refractivity contribution < 1.29 is 37.5 Å². The number of carbonyl (C=O) groups is 5. The Hall–Kier alpha value is -4.14. The normalized spacial score (nSPS) is 28.9. The van der Waals surface area contributed by atoms with Crippen LogP contribution in [0.1, 0.15) is 98.8 Å². The van der Waals surface area contributed by atoms with Gasteiger partial charge in [-0.3, -0.25) is 14.4 Å². The quantitative estimate of drug-likeness (QED) is 0.169. The van der Waals surface area contributed by atoms with Gasteiger partial charge < -0.3 is 31.3 Å². The number of carbonyl (C=O) groups excluding carboxylic acids is 4. The van der Waals surface area contributed by atoms with Gasteiger partial charge in [-0.05, 0) is 72.8 Å². The number of nitrogens with one attached hydrogen (secondary N) is 5. The lowest BCUT2D eigenvalue weighted by Gasteiger charge is -2.36. The highest BCUT2D eigenvalue weighted by Crippen LogP contribution is 2.88. The van der Waals surface area contributed by atoms with Gasteiger partial charge in [0, 0.05) is 24.9 Å². The molecule has 1 aromatic rings. The number of hydrogen-bond acceptors (Lipinski definition) is 8. The maximum absolute atomic E-state index is 14.9. The van der Waals surface area contributed by atoms with Crippen molar-refractivity contribution in [2.24, 2.45) is 33.5 Å². The van der Waals surface area contributed by atoms with E-state index in [0.29, 0.717) is 24.9 Å². The fourth-order valence-corrected chi connectivity index (χ4v) is 11.8. The van der Waals surface area contributed by atoms with E-state index in [4.69, 9.17) is 0 Å². The van der Waals surface area contributed by atoms with Gasteiger partial charge in [0.1, 0.15) is 28.6 Å². The first-order valence-electron chi connectivity index (χ1n) is 19.6. The van der Waals surface area contributed by atoms with Crippen molar-refractivity contribution in [1.29, 1.82) is 0 Å². The summed E-state index contributed by atoms with van der Waals surface area (Å²) in [7, 11) is -2.78. The van der Waals surface area contributed by atoms with E-state index >= 15 is 0 Å². The number of carboxylic acid groups (broad SMARTS) is 1. The molecule has 0 bridgehead atoms. The Morgan fingerprint density at radius 2 is 1.62 bits per heavy atom. The third kappa shape index (κ3) is 6.67. The number of fused-ring (bicyclic) bond motifs is 1. The van der Waals surface area contributed by atoms with Gasteiger partial charge in [0.05, 0.1) is 5.69 Å². The van der Waals surface area contributed by atoms with Crippen molar-refractivity contribution in [3.8, 4) is 0 Å². The number of anilines is 1. The predicted octanol–water partition coefficient (Wildman–Crippen LogP) is 4.14. The summed E-state index contributed by atoms with van der Waals surface area (Å²) in [6.07, 6.45) is 9.11. The van der Waals surface area contributed by atoms with E-state index in [1.54, 1.807) is 46.0 Å². The van der Waals surface area contributed by atoms with Crippen molar-refractivity contribution in [2.75, 3.05) is 18.9 Å². The Morgan fingerprint density at radius 3 is 2.15 bits per heavy atom. The molecular formula is C40H58N6O8S. The fourth-order valence-electron chi connectivity index (χ4n) is 10.6. The zero-order chi connectivity index (χ0) is 40.4. The van der Waals surface area contributed by atoms with Crippen LogP contribution in [0.25, 0.3) is 0 Å². The molecule has 6 rings (SSSR count). The van der Waals surface area contributed by atoms with Crippen LogP contribution in [0.4, 0.5) is 10.5 Å². The summed E-state index contributed by atoms with van der Waals surface area (Å²) in [5.74, 6) is -3.88. The predicted molar refractivity (Wildman–Crippen MR) is 206 cm³/mol. The number of urea groups is 1. The van der Waals surface area contributed by atoms with Gasteiger partial charge in [0.2, 0.25) is 11.8 Å². The third-order valence-electron chi connectivity index (χ3n) is 14.2. The highest BCUT2D eigenvalue weighted by molar-refractivity contribution is 7.90. The number of nitrogens with zero attached hydrogens (tertiary/aromatic N) is 1. The molecule has 1 aliphatic heterocycles. The minimum atomic E-state index is -4.35. The lowest BCUT2D eigenvalue weighted by molar-refractivity contribution is -0.142. The Labute approximate surface area is 324 Å². The van der Waals surface area contributed by atoms with Crippen molar-refractivity contribution in [3.05, 3.63) is 36.9 Å². The molecule has 55 heavy (non-hydrogen) atoms. The summed E-state index contributed by atoms with van der Waals surface area (Å²) in [6.45, 7) is 13.8. The zero-order valence-corrected chi connectivity index (χ0v) is 33.7. The lowest BCUT2D eigenvalue weighted by Crippen LogP contribution is -2.62. The van der Waals surface area contributed by atoms with Crippen molar-refractivity contribution >= 4 is 45.4 Å². The molecule has 0 aromatic heterocycles. The molecule has 1 aromatic carbocycles. The average molecular weight is 783 g/mol. The van der Waals surface area contributed by atoms with Crippen LogP contribution in [-0.4, -0.2) is 85.4 Å². The Morgan fingerprint density at radius 1 is 0.964 bits per heavy atom. The second-order valence-corrected chi connectivity index (χ2v) is 19.8. The molecule has 6 N–H and O–H groups in total. The van der Waals surface area contributed by atoms with Crippen molar-refractivity contribution in [1.82, 2.24) is 25.6 Å². The number of rotatable bonds is 12. The van der Waals surface area contributed by atoms with Crippen molar-refractivity contribution in [2.45, 2.75) is 127 Å². The number of para-hydroxylation sites is 1. The number of hydrogen-bond donors (Lipinski definition) is 6. The minimum absolute atomic E-state index is 0.0582. The number of carboxylic acids is 1. The molecule has 6 atom stereocenters. The first-order chi connectivity index (χ1) is 25.7. The van der Waals surface area contributed by atoms with Crippen LogP contribution >= 0.6 is 0 Å². The Balaban J connectivity index is 1.27. The molecule has 15 heteroatoms. The van der Waals surface area contributed by atoms with E-state index in [9.17, 15) is 37.5 Å². The molecule has 4 aliphatic carbocycles. The van der Waals surface area contributed by atoms with Gasteiger partial charge >= 0.3 is 12.0 Å². The number of amides is 5. The molecule has 2 spiro atoms. The lowest BCUT2D eigenvalue weighted by atomic mass is 9.73. The van der Waals surface area contributed by atoms with E-state index < -0.39 is 74.7 Å². The van der Waals surface area contributed by atoms with Crippen LogP contribution in [-0.2, 0) is 29.2 Å². The number of sulfonamides is 1. The second-order valence-electron chi connectivity index (χ2n) is 18.1. The Kier molecular flexibility index (Phi) is 10.4. The maximum atomic E-state index is 14.9. The molecule has 1 unspecified atom stereocenters. The van der Waals surface area contributed by atoms with Gasteiger partial charge in [-0.1, -0.05) is 78.5 Å². The summed E-state index contributed by atoms with van der Waals surface area (Å²) < 4.78 is 29.1. The van der Waals surface area contributed by atoms with Crippen LogP contribution < -0.4 is 26.0 Å². The summed E-state index contributed by atoms with van der Waals surface area (Å²) in [6, 6.07) is 2.12. The molecule has 1 heterocycles. The summed E-state index contributed by atoms with van der Waals surface area (Å²) in [5, 5.41) is 21.2. The molecule has 5 fully saturated rings. The minimum Gasteiger partial charge on any atom is -0.480 e. The summed E-state index contributed by atoms with van der Waals surface area (Å²) in [5.41, 5.74) is -2.78. The molecule has 1 saturated heterocycles. The van der Waals surface area contributed by atoms with Gasteiger partial charge in [-0.15, -0.1) is 6.58 Å². The SMILES string of the molecule is C=C[C@@H]1C[C@]1(NC(=O)[C@@H]1CC2(CN1C(=O)[C@@H](NC(=O)N[C@H](C(=O)O)C1CCCCC1)C(C)(C)C)C(C)(C)C21CCC1)C(=O)NS(=O)(=O)c1ccccc1NC. The van der Waals surface area contributed by atoms with Crippen LogP contribution in [0.5, 0.6) is 0 Å². The second kappa shape index (κ2) is 14.1. The third-order valence-corrected chi connectivity index (χ3v) is 15.6.